The third-order valence-corrected chi connectivity index (χ3v) is 6.38. The Morgan fingerprint density at radius 1 is 1.21 bits per heavy atom. The fourth-order valence-electron chi connectivity index (χ4n) is 4.73. The molecule has 2 aliphatic heterocycles. The highest BCUT2D eigenvalue weighted by Crippen LogP contribution is 2.37. The molecule has 0 saturated carbocycles. The van der Waals surface area contributed by atoms with Crippen LogP contribution in [-0.4, -0.2) is 56.3 Å². The Morgan fingerprint density at radius 2 is 2.03 bits per heavy atom. The number of ketones is 1. The van der Waals surface area contributed by atoms with Crippen molar-refractivity contribution in [2.24, 2.45) is 0 Å². The molecule has 1 fully saturated rings. The summed E-state index contributed by atoms with van der Waals surface area (Å²) < 4.78 is 17.9. The predicted octanol–water partition coefficient (Wildman–Crippen LogP) is 2.26. The van der Waals surface area contributed by atoms with Crippen molar-refractivity contribution in [1.82, 2.24) is 4.90 Å². The second-order valence-electron chi connectivity index (χ2n) is 9.02. The van der Waals surface area contributed by atoms with Crippen LogP contribution in [0.4, 0.5) is 0 Å². The van der Waals surface area contributed by atoms with Crippen molar-refractivity contribution >= 4 is 17.4 Å². The van der Waals surface area contributed by atoms with Gasteiger partial charge in [-0.25, -0.2) is 0 Å². The van der Waals surface area contributed by atoms with Crippen LogP contribution in [0.15, 0.2) is 42.0 Å². The van der Waals surface area contributed by atoms with E-state index in [0.717, 1.165) is 52.0 Å². The third kappa shape index (κ3) is 4.41. The Bertz CT molecular complexity index is 1230. The molecular formula is C27H29NO5. The number of ether oxygens (including phenoxy) is 3. The first kappa shape index (κ1) is 21.7. The molecule has 0 amide bonds. The fraction of sp³-hybridized carbons (Fsp3) is 0.370. The highest BCUT2D eigenvalue weighted by atomic mass is 16.5. The van der Waals surface area contributed by atoms with E-state index < -0.39 is 0 Å². The van der Waals surface area contributed by atoms with Crippen LogP contribution in [0.2, 0.25) is 0 Å². The van der Waals surface area contributed by atoms with Crippen molar-refractivity contribution in [1.29, 1.82) is 0 Å². The standard InChI is InChI=1S/C27H29NO5/c1-28(2)9-11-31-21-7-5-17(6-8-21)25-14-19-12-20(29)15-22-26(23(19)16-33-25)24(30)13-18-4-3-10-32-27(18)22/h4-8,12-13,25,30H,3,9-11,14-16H2,1-2H3/t25-/m0/s1. The molecule has 33 heavy (non-hydrogen) atoms. The number of benzene rings is 2. The predicted molar refractivity (Wildman–Crippen MR) is 126 cm³/mol. The molecule has 1 atom stereocenters. The normalized spacial score (nSPS) is 19.5. The van der Waals surface area contributed by atoms with E-state index in [-0.39, 0.29) is 24.1 Å². The average molecular weight is 448 g/mol. The van der Waals surface area contributed by atoms with E-state index in [0.29, 0.717) is 31.5 Å². The SMILES string of the molecule is CN(C)CCOc1ccc([C@@H]2CC3=CC(=O)Cc4c5c(cc(O)c4=C3CO2)=CCCO5)cc1. The maximum atomic E-state index is 12.8. The Labute approximate surface area is 193 Å². The van der Waals surface area contributed by atoms with Crippen LogP contribution in [0.5, 0.6) is 17.2 Å². The highest BCUT2D eigenvalue weighted by molar-refractivity contribution is 5.97. The summed E-state index contributed by atoms with van der Waals surface area (Å²) >= 11 is 0. The molecule has 2 heterocycles. The Morgan fingerprint density at radius 3 is 2.82 bits per heavy atom. The summed E-state index contributed by atoms with van der Waals surface area (Å²) in [7, 11) is 4.03. The lowest BCUT2D eigenvalue weighted by molar-refractivity contribution is -0.114. The van der Waals surface area contributed by atoms with Crippen LogP contribution >= 0.6 is 0 Å². The summed E-state index contributed by atoms with van der Waals surface area (Å²) in [6, 6.07) is 9.70. The highest BCUT2D eigenvalue weighted by Gasteiger charge is 2.29. The minimum atomic E-state index is -0.158. The second-order valence-corrected chi connectivity index (χ2v) is 9.02. The molecule has 0 spiro atoms. The van der Waals surface area contributed by atoms with Gasteiger partial charge in [0.15, 0.2) is 5.78 Å². The first-order valence-electron chi connectivity index (χ1n) is 11.4. The molecular weight excluding hydrogens is 418 g/mol. The van der Waals surface area contributed by atoms with Crippen molar-refractivity contribution in [3.05, 3.63) is 63.5 Å². The molecule has 2 aromatic carbocycles. The van der Waals surface area contributed by atoms with Gasteiger partial charge in [0.2, 0.25) is 0 Å². The zero-order valence-electron chi connectivity index (χ0n) is 19.1. The molecule has 2 aromatic rings. The van der Waals surface area contributed by atoms with E-state index >= 15 is 0 Å². The van der Waals surface area contributed by atoms with Crippen molar-refractivity contribution in [2.75, 3.05) is 40.5 Å². The van der Waals surface area contributed by atoms with Gasteiger partial charge in [0.1, 0.15) is 23.9 Å². The van der Waals surface area contributed by atoms with Crippen LogP contribution < -0.4 is 19.9 Å². The molecule has 1 saturated heterocycles. The number of phenolic OH excluding ortho intramolecular Hbond substituents is 1. The number of nitrogens with zero attached hydrogens (tertiary/aromatic N) is 1. The maximum absolute atomic E-state index is 12.8. The molecule has 3 aliphatic rings. The largest absolute Gasteiger partial charge is 0.507 e. The molecule has 0 bridgehead atoms. The molecule has 0 unspecified atom stereocenters. The van der Waals surface area contributed by atoms with Crippen molar-refractivity contribution in [3.63, 3.8) is 0 Å². The minimum absolute atomic E-state index is 0.0218. The minimum Gasteiger partial charge on any atom is -0.507 e. The van der Waals surface area contributed by atoms with Gasteiger partial charge in [-0.2, -0.15) is 0 Å². The first-order chi connectivity index (χ1) is 16.0. The Hall–Kier alpha value is -3.09. The number of carbonyl (C=O) groups is 1. The van der Waals surface area contributed by atoms with Gasteiger partial charge in [-0.1, -0.05) is 18.2 Å². The lowest BCUT2D eigenvalue weighted by Gasteiger charge is -2.28. The lowest BCUT2D eigenvalue weighted by atomic mass is 9.91. The number of carbonyl (C=O) groups excluding carboxylic acids is 1. The van der Waals surface area contributed by atoms with Crippen LogP contribution in [0, 0.1) is 0 Å². The number of hydrogen-bond donors (Lipinski definition) is 1. The molecule has 6 heteroatoms. The summed E-state index contributed by atoms with van der Waals surface area (Å²) in [6.45, 7) is 2.40. The summed E-state index contributed by atoms with van der Waals surface area (Å²) in [5.74, 6) is 1.75. The number of rotatable bonds is 5. The fourth-order valence-corrected chi connectivity index (χ4v) is 4.73. The van der Waals surface area contributed by atoms with E-state index in [1.807, 2.05) is 38.4 Å². The van der Waals surface area contributed by atoms with Crippen molar-refractivity contribution in [2.45, 2.75) is 25.4 Å². The first-order valence-corrected chi connectivity index (χ1v) is 11.4. The Kier molecular flexibility index (Phi) is 5.96. The summed E-state index contributed by atoms with van der Waals surface area (Å²) in [5.41, 5.74) is 3.62. The monoisotopic (exact) mass is 447 g/mol. The van der Waals surface area contributed by atoms with E-state index in [1.54, 1.807) is 12.1 Å². The molecule has 172 valence electrons. The summed E-state index contributed by atoms with van der Waals surface area (Å²) in [6.07, 6.45) is 5.20. The van der Waals surface area contributed by atoms with Crippen molar-refractivity contribution in [3.8, 4) is 17.2 Å². The van der Waals surface area contributed by atoms with Gasteiger partial charge in [0.25, 0.3) is 0 Å². The van der Waals surface area contributed by atoms with Gasteiger partial charge in [-0.3, -0.25) is 4.79 Å². The summed E-state index contributed by atoms with van der Waals surface area (Å²) in [4.78, 5) is 14.9. The molecule has 0 aromatic heterocycles. The molecule has 0 radical (unpaired) electrons. The zero-order chi connectivity index (χ0) is 22.9. The van der Waals surface area contributed by atoms with Crippen molar-refractivity contribution < 1.29 is 24.1 Å². The van der Waals surface area contributed by atoms with Gasteiger partial charge in [0.05, 0.1) is 19.3 Å². The van der Waals surface area contributed by atoms with E-state index in [1.165, 1.54) is 0 Å². The van der Waals surface area contributed by atoms with Gasteiger partial charge >= 0.3 is 0 Å². The number of aromatic hydroxyl groups is 1. The number of fused-ring (bicyclic) bond motifs is 4. The molecule has 1 aliphatic carbocycles. The number of hydrogen-bond acceptors (Lipinski definition) is 6. The van der Waals surface area contributed by atoms with E-state index in [4.69, 9.17) is 14.2 Å². The molecule has 6 nitrogen and oxygen atoms in total. The van der Waals surface area contributed by atoms with Crippen LogP contribution in [0.3, 0.4) is 0 Å². The lowest BCUT2D eigenvalue weighted by Crippen LogP contribution is -2.28. The quantitative estimate of drug-likeness (QED) is 0.759. The smallest absolute Gasteiger partial charge is 0.160 e. The number of phenols is 1. The Balaban J connectivity index is 1.44. The van der Waals surface area contributed by atoms with E-state index in [2.05, 4.69) is 11.0 Å². The zero-order valence-corrected chi connectivity index (χ0v) is 19.1. The third-order valence-electron chi connectivity index (χ3n) is 6.38. The average Bonchev–Trinajstić information content (AvgIpc) is 2.95. The maximum Gasteiger partial charge on any atom is 0.160 e. The topological polar surface area (TPSA) is 68.2 Å². The van der Waals surface area contributed by atoms with Crippen LogP contribution in [-0.2, 0) is 16.0 Å². The second kappa shape index (κ2) is 9.04. The molecule has 5 rings (SSSR count). The van der Waals surface area contributed by atoms with E-state index in [9.17, 15) is 9.90 Å². The number of allylic oxidation sites excluding steroid dienone is 1. The number of likely N-dealkylation sites (N-methyl/N-ethyl adjacent to an activating group) is 1. The van der Waals surface area contributed by atoms with Crippen LogP contribution in [0.25, 0.3) is 11.6 Å². The van der Waals surface area contributed by atoms with Gasteiger partial charge < -0.3 is 24.2 Å². The summed E-state index contributed by atoms with van der Waals surface area (Å²) in [5, 5.41) is 12.4. The van der Waals surface area contributed by atoms with Crippen LogP contribution in [0.1, 0.15) is 30.1 Å². The van der Waals surface area contributed by atoms with Gasteiger partial charge in [0, 0.05) is 41.8 Å². The van der Waals surface area contributed by atoms with Gasteiger partial charge in [-0.15, -0.1) is 0 Å². The molecule has 1 N–H and O–H groups in total. The van der Waals surface area contributed by atoms with Gasteiger partial charge in [-0.05, 0) is 55.1 Å².